The number of ether oxygens (including phenoxy) is 1. The fraction of sp³-hybridized carbons (Fsp3) is 0.900. The van der Waals surface area contributed by atoms with Crippen LogP contribution in [-0.2, 0) is 9.53 Å². The molecule has 2 unspecified atom stereocenters. The highest BCUT2D eigenvalue weighted by atomic mass is 16.5. The summed E-state index contributed by atoms with van der Waals surface area (Å²) in [5, 5.41) is 12.0. The Hall–Kier alpha value is -0.610. The molecular formula is C10H21NO3. The Kier molecular flexibility index (Phi) is 6.49. The van der Waals surface area contributed by atoms with E-state index in [0.29, 0.717) is 5.92 Å². The molecule has 0 fully saturated rings. The van der Waals surface area contributed by atoms with Crippen molar-refractivity contribution in [3.8, 4) is 0 Å². The molecule has 1 amide bonds. The van der Waals surface area contributed by atoms with E-state index >= 15 is 0 Å². The topological polar surface area (TPSA) is 58.6 Å². The van der Waals surface area contributed by atoms with E-state index in [0.717, 1.165) is 0 Å². The molecule has 0 heterocycles. The molecule has 0 aromatic rings. The highest BCUT2D eigenvalue weighted by Crippen LogP contribution is 2.08. The minimum absolute atomic E-state index is 0.0184. The van der Waals surface area contributed by atoms with Crippen molar-refractivity contribution in [3.05, 3.63) is 0 Å². The van der Waals surface area contributed by atoms with Gasteiger partial charge in [-0.1, -0.05) is 20.8 Å². The van der Waals surface area contributed by atoms with Gasteiger partial charge in [0.2, 0.25) is 5.91 Å². The summed E-state index contributed by atoms with van der Waals surface area (Å²) in [4.78, 5) is 11.4. The predicted molar refractivity (Wildman–Crippen MR) is 54.9 cm³/mol. The molecule has 0 bridgehead atoms. The Morgan fingerprint density at radius 1 is 1.43 bits per heavy atom. The van der Waals surface area contributed by atoms with Crippen LogP contribution in [0.2, 0.25) is 0 Å². The molecule has 0 aromatic carbocycles. The van der Waals surface area contributed by atoms with Crippen LogP contribution in [0.1, 0.15) is 20.8 Å². The second kappa shape index (κ2) is 6.79. The van der Waals surface area contributed by atoms with Crippen LogP contribution in [0.5, 0.6) is 0 Å². The molecule has 2 N–H and O–H groups in total. The molecule has 2 atom stereocenters. The van der Waals surface area contributed by atoms with Crippen molar-refractivity contribution in [1.82, 2.24) is 5.32 Å². The average Bonchev–Trinajstić information content (AvgIpc) is 2.13. The maximum absolute atomic E-state index is 11.4. The molecule has 0 aliphatic carbocycles. The largest absolute Gasteiger partial charge is 0.389 e. The quantitative estimate of drug-likeness (QED) is 0.657. The second-order valence-corrected chi connectivity index (χ2v) is 3.89. The predicted octanol–water partition coefficient (Wildman–Crippen LogP) is 0.402. The summed E-state index contributed by atoms with van der Waals surface area (Å²) < 4.78 is 4.74. The molecule has 0 aromatic heterocycles. The van der Waals surface area contributed by atoms with Crippen molar-refractivity contribution < 1.29 is 14.6 Å². The maximum atomic E-state index is 11.4. The minimum atomic E-state index is -0.622. The van der Waals surface area contributed by atoms with Crippen LogP contribution in [0, 0.1) is 11.8 Å². The first-order chi connectivity index (χ1) is 6.49. The average molecular weight is 203 g/mol. The number of amides is 1. The Morgan fingerprint density at radius 3 is 2.43 bits per heavy atom. The van der Waals surface area contributed by atoms with E-state index in [-0.39, 0.29) is 25.0 Å². The van der Waals surface area contributed by atoms with E-state index in [9.17, 15) is 9.90 Å². The van der Waals surface area contributed by atoms with Crippen LogP contribution in [0.25, 0.3) is 0 Å². The summed E-state index contributed by atoms with van der Waals surface area (Å²) in [6.07, 6.45) is -0.622. The number of methoxy groups -OCH3 is 1. The first-order valence-electron chi connectivity index (χ1n) is 4.93. The van der Waals surface area contributed by atoms with Gasteiger partial charge >= 0.3 is 0 Å². The van der Waals surface area contributed by atoms with Gasteiger partial charge in [0.05, 0.1) is 12.7 Å². The van der Waals surface area contributed by atoms with Crippen LogP contribution in [0.4, 0.5) is 0 Å². The molecule has 0 spiro atoms. The van der Waals surface area contributed by atoms with Gasteiger partial charge in [0, 0.05) is 19.6 Å². The van der Waals surface area contributed by atoms with Gasteiger partial charge in [0.15, 0.2) is 0 Å². The van der Waals surface area contributed by atoms with Crippen LogP contribution in [0.3, 0.4) is 0 Å². The van der Waals surface area contributed by atoms with Gasteiger partial charge < -0.3 is 15.2 Å². The van der Waals surface area contributed by atoms with Crippen LogP contribution in [0.15, 0.2) is 0 Å². The minimum Gasteiger partial charge on any atom is -0.389 e. The van der Waals surface area contributed by atoms with E-state index in [1.165, 1.54) is 7.11 Å². The first kappa shape index (κ1) is 13.4. The lowest BCUT2D eigenvalue weighted by atomic mass is 9.97. The lowest BCUT2D eigenvalue weighted by Gasteiger charge is -2.17. The molecule has 0 aliphatic heterocycles. The lowest BCUT2D eigenvalue weighted by molar-refractivity contribution is -0.126. The Bertz CT molecular complexity index is 171. The highest BCUT2D eigenvalue weighted by Gasteiger charge is 2.16. The van der Waals surface area contributed by atoms with E-state index < -0.39 is 6.10 Å². The van der Waals surface area contributed by atoms with Gasteiger partial charge in [-0.3, -0.25) is 4.79 Å². The molecule has 0 aliphatic rings. The number of hydrogen-bond donors (Lipinski definition) is 2. The van der Waals surface area contributed by atoms with E-state index in [1.54, 1.807) is 0 Å². The lowest BCUT2D eigenvalue weighted by Crippen LogP contribution is -2.38. The molecule has 0 saturated carbocycles. The van der Waals surface area contributed by atoms with Crippen molar-refractivity contribution in [3.63, 3.8) is 0 Å². The summed E-state index contributed by atoms with van der Waals surface area (Å²) in [6, 6.07) is 0. The van der Waals surface area contributed by atoms with Crippen molar-refractivity contribution >= 4 is 5.91 Å². The molecule has 0 radical (unpaired) electrons. The maximum Gasteiger partial charge on any atom is 0.223 e. The van der Waals surface area contributed by atoms with Crippen molar-refractivity contribution in [2.24, 2.45) is 11.8 Å². The Balaban J connectivity index is 3.73. The first-order valence-corrected chi connectivity index (χ1v) is 4.93. The van der Waals surface area contributed by atoms with Gasteiger partial charge in [-0.15, -0.1) is 0 Å². The fourth-order valence-corrected chi connectivity index (χ4v) is 0.933. The third-order valence-corrected chi connectivity index (χ3v) is 2.28. The zero-order valence-corrected chi connectivity index (χ0v) is 9.41. The van der Waals surface area contributed by atoms with Crippen LogP contribution >= 0.6 is 0 Å². The molecule has 84 valence electrons. The number of hydrogen-bond acceptors (Lipinski definition) is 3. The molecule has 0 saturated heterocycles. The molecule has 0 rings (SSSR count). The number of aliphatic hydroxyl groups excluding tert-OH is 1. The van der Waals surface area contributed by atoms with Crippen molar-refractivity contribution in [2.75, 3.05) is 20.3 Å². The zero-order chi connectivity index (χ0) is 11.1. The van der Waals surface area contributed by atoms with Crippen LogP contribution < -0.4 is 5.32 Å². The summed E-state index contributed by atoms with van der Waals surface area (Å²) >= 11 is 0. The van der Waals surface area contributed by atoms with Crippen molar-refractivity contribution in [2.45, 2.75) is 26.9 Å². The molecule has 4 nitrogen and oxygen atoms in total. The normalized spacial score (nSPS) is 15.3. The van der Waals surface area contributed by atoms with Crippen LogP contribution in [-0.4, -0.2) is 37.4 Å². The van der Waals surface area contributed by atoms with E-state index in [4.69, 9.17) is 4.74 Å². The second-order valence-electron chi connectivity index (χ2n) is 3.89. The molecular weight excluding hydrogens is 182 g/mol. The van der Waals surface area contributed by atoms with Crippen molar-refractivity contribution in [1.29, 1.82) is 0 Å². The number of nitrogens with one attached hydrogen (secondary N) is 1. The van der Waals surface area contributed by atoms with Gasteiger partial charge in [0.25, 0.3) is 0 Å². The number of rotatable bonds is 6. The smallest absolute Gasteiger partial charge is 0.223 e. The third kappa shape index (κ3) is 5.19. The fourth-order valence-electron chi connectivity index (χ4n) is 0.933. The number of carbonyl (C=O) groups is 1. The summed E-state index contributed by atoms with van der Waals surface area (Å²) in [5.41, 5.74) is 0. The Morgan fingerprint density at radius 2 is 2.00 bits per heavy atom. The summed E-state index contributed by atoms with van der Waals surface area (Å²) in [6.45, 7) is 6.37. The number of aliphatic hydroxyl groups is 1. The molecule has 14 heavy (non-hydrogen) atoms. The third-order valence-electron chi connectivity index (χ3n) is 2.28. The molecule has 4 heteroatoms. The van der Waals surface area contributed by atoms with Gasteiger partial charge in [0.1, 0.15) is 0 Å². The number of carbonyl (C=O) groups excluding carboxylic acids is 1. The van der Waals surface area contributed by atoms with Gasteiger partial charge in [-0.25, -0.2) is 0 Å². The monoisotopic (exact) mass is 203 g/mol. The SMILES string of the molecule is COCC(O)CNC(=O)C(C)C(C)C. The van der Waals surface area contributed by atoms with E-state index in [2.05, 4.69) is 5.32 Å². The van der Waals surface area contributed by atoms with Gasteiger partial charge in [-0.05, 0) is 5.92 Å². The Labute approximate surface area is 85.6 Å². The summed E-state index contributed by atoms with van der Waals surface area (Å²) in [5.74, 6) is 0.273. The standard InChI is InChI=1S/C10H21NO3/c1-7(2)8(3)10(13)11-5-9(12)6-14-4/h7-9,12H,5-6H2,1-4H3,(H,11,13). The zero-order valence-electron chi connectivity index (χ0n) is 9.41. The summed E-state index contributed by atoms with van der Waals surface area (Å²) in [7, 11) is 1.52. The van der Waals surface area contributed by atoms with E-state index in [1.807, 2.05) is 20.8 Å². The van der Waals surface area contributed by atoms with Gasteiger partial charge in [-0.2, -0.15) is 0 Å². The highest BCUT2D eigenvalue weighted by molar-refractivity contribution is 5.78.